The lowest BCUT2D eigenvalue weighted by molar-refractivity contribution is -0.117. The maximum atomic E-state index is 11.9. The number of carbonyl (C=O) groups excluding carboxylic acids is 1. The fourth-order valence-corrected chi connectivity index (χ4v) is 2.43. The number of amides is 1. The average Bonchev–Trinajstić information content (AvgIpc) is 2.59. The van der Waals surface area contributed by atoms with Gasteiger partial charge in [0.25, 0.3) is 0 Å². The third-order valence-electron chi connectivity index (χ3n) is 2.83. The van der Waals surface area contributed by atoms with E-state index in [1.807, 2.05) is 29.2 Å². The lowest BCUT2D eigenvalue weighted by Gasteiger charge is -2.18. The van der Waals surface area contributed by atoms with Gasteiger partial charge in [0, 0.05) is 35.2 Å². The fraction of sp³-hybridized carbons (Fsp3) is 0.462. The Hall–Kier alpha value is -0.870. The molecule has 1 aliphatic heterocycles. The van der Waals surface area contributed by atoms with Crippen LogP contribution < -0.4 is 10.2 Å². The summed E-state index contributed by atoms with van der Waals surface area (Å²) in [5, 5.41) is 3.41. The quantitative estimate of drug-likeness (QED) is 0.930. The molecule has 0 saturated carbocycles. The van der Waals surface area contributed by atoms with Crippen molar-refractivity contribution in [3.05, 3.63) is 28.7 Å². The van der Waals surface area contributed by atoms with Gasteiger partial charge < -0.3 is 10.2 Å². The topological polar surface area (TPSA) is 32.3 Å². The van der Waals surface area contributed by atoms with Gasteiger partial charge in [-0.2, -0.15) is 0 Å². The van der Waals surface area contributed by atoms with Crippen molar-refractivity contribution in [3.63, 3.8) is 0 Å². The molecule has 17 heavy (non-hydrogen) atoms. The highest BCUT2D eigenvalue weighted by Crippen LogP contribution is 2.23. The number of rotatable bonds is 3. The number of hydrogen-bond donors (Lipinski definition) is 1. The molecule has 1 aliphatic rings. The molecule has 1 atom stereocenters. The molecule has 0 radical (unpaired) electrons. The third-order valence-corrected chi connectivity index (χ3v) is 3.36. The lowest BCUT2D eigenvalue weighted by Crippen LogP contribution is -2.37. The molecular weight excluding hydrogens is 280 g/mol. The number of benzene rings is 1. The van der Waals surface area contributed by atoms with Crippen LogP contribution in [0.3, 0.4) is 0 Å². The van der Waals surface area contributed by atoms with E-state index in [4.69, 9.17) is 0 Å². The second-order valence-corrected chi connectivity index (χ2v) is 5.62. The summed E-state index contributed by atoms with van der Waals surface area (Å²) in [5.74, 6) is 0.200. The van der Waals surface area contributed by atoms with Gasteiger partial charge in [0.15, 0.2) is 0 Å². The van der Waals surface area contributed by atoms with E-state index >= 15 is 0 Å². The molecule has 1 unspecified atom stereocenters. The molecule has 92 valence electrons. The van der Waals surface area contributed by atoms with Crippen molar-refractivity contribution < 1.29 is 4.79 Å². The molecule has 4 heteroatoms. The minimum Gasteiger partial charge on any atom is -0.311 e. The summed E-state index contributed by atoms with van der Waals surface area (Å²) in [6.45, 7) is 4.97. The van der Waals surface area contributed by atoms with Gasteiger partial charge in [-0.15, -0.1) is 0 Å². The number of carbonyl (C=O) groups is 1. The number of halogens is 1. The van der Waals surface area contributed by atoms with Crippen molar-refractivity contribution >= 4 is 27.5 Å². The van der Waals surface area contributed by atoms with E-state index in [1.54, 1.807) is 0 Å². The van der Waals surface area contributed by atoms with Crippen molar-refractivity contribution in [2.45, 2.75) is 32.4 Å². The SMILES string of the molecule is CC(C)NC1CC(=O)N(c2ccc(Br)cc2)C1. The summed E-state index contributed by atoms with van der Waals surface area (Å²) in [6.07, 6.45) is 0.592. The molecule has 0 aromatic heterocycles. The van der Waals surface area contributed by atoms with Crippen molar-refractivity contribution in [1.29, 1.82) is 0 Å². The van der Waals surface area contributed by atoms with E-state index in [0.29, 0.717) is 12.5 Å². The molecule has 0 bridgehead atoms. The Morgan fingerprint density at radius 2 is 2.00 bits per heavy atom. The second-order valence-electron chi connectivity index (χ2n) is 4.70. The zero-order chi connectivity index (χ0) is 12.4. The molecular formula is C13H17BrN2O. The summed E-state index contributed by atoms with van der Waals surface area (Å²) >= 11 is 3.40. The zero-order valence-corrected chi connectivity index (χ0v) is 11.7. The van der Waals surface area contributed by atoms with Crippen LogP contribution in [0.5, 0.6) is 0 Å². The first-order chi connectivity index (χ1) is 8.06. The Kier molecular flexibility index (Phi) is 3.84. The van der Waals surface area contributed by atoms with Gasteiger partial charge in [-0.05, 0) is 24.3 Å². The molecule has 1 aromatic rings. The van der Waals surface area contributed by atoms with Gasteiger partial charge in [-0.25, -0.2) is 0 Å². The molecule has 1 saturated heterocycles. The van der Waals surface area contributed by atoms with Gasteiger partial charge in [0.2, 0.25) is 5.91 Å². The summed E-state index contributed by atoms with van der Waals surface area (Å²) < 4.78 is 1.03. The largest absolute Gasteiger partial charge is 0.311 e. The van der Waals surface area contributed by atoms with Crippen LogP contribution in [0.4, 0.5) is 5.69 Å². The second kappa shape index (κ2) is 5.19. The third kappa shape index (κ3) is 3.07. The van der Waals surface area contributed by atoms with Gasteiger partial charge >= 0.3 is 0 Å². The van der Waals surface area contributed by atoms with Crippen LogP contribution in [0.15, 0.2) is 28.7 Å². The minimum atomic E-state index is 0.200. The first-order valence-electron chi connectivity index (χ1n) is 5.88. The minimum absolute atomic E-state index is 0.200. The van der Waals surface area contributed by atoms with E-state index in [-0.39, 0.29) is 11.9 Å². The fourth-order valence-electron chi connectivity index (χ4n) is 2.16. The summed E-state index contributed by atoms with van der Waals surface area (Å²) in [6, 6.07) is 8.56. The van der Waals surface area contributed by atoms with Crippen LogP contribution in [0.1, 0.15) is 20.3 Å². The Balaban J connectivity index is 2.07. The standard InChI is InChI=1S/C13H17BrN2O/c1-9(2)15-11-7-13(17)16(8-11)12-5-3-10(14)4-6-12/h3-6,9,11,15H,7-8H2,1-2H3. The van der Waals surface area contributed by atoms with Crippen LogP contribution in [0.2, 0.25) is 0 Å². The van der Waals surface area contributed by atoms with Crippen molar-refractivity contribution in [3.8, 4) is 0 Å². The Labute approximate surface area is 110 Å². The normalized spacial score (nSPS) is 20.4. The molecule has 0 spiro atoms. The molecule has 0 aliphatic carbocycles. The van der Waals surface area contributed by atoms with E-state index < -0.39 is 0 Å². The molecule has 1 N–H and O–H groups in total. The van der Waals surface area contributed by atoms with Gasteiger partial charge in [0.1, 0.15) is 0 Å². The summed E-state index contributed by atoms with van der Waals surface area (Å²) in [5.41, 5.74) is 0.978. The maximum Gasteiger partial charge on any atom is 0.228 e. The van der Waals surface area contributed by atoms with Crippen molar-refractivity contribution in [2.75, 3.05) is 11.4 Å². The molecule has 2 rings (SSSR count). The average molecular weight is 297 g/mol. The Morgan fingerprint density at radius 1 is 1.35 bits per heavy atom. The zero-order valence-electron chi connectivity index (χ0n) is 10.1. The van der Waals surface area contributed by atoms with E-state index in [0.717, 1.165) is 16.7 Å². The van der Waals surface area contributed by atoms with Crippen LogP contribution >= 0.6 is 15.9 Å². The molecule has 1 amide bonds. The van der Waals surface area contributed by atoms with Crippen LogP contribution in [-0.4, -0.2) is 24.5 Å². The van der Waals surface area contributed by atoms with E-state index in [2.05, 4.69) is 35.1 Å². The molecule has 3 nitrogen and oxygen atoms in total. The van der Waals surface area contributed by atoms with E-state index in [1.165, 1.54) is 0 Å². The Morgan fingerprint density at radius 3 is 2.59 bits per heavy atom. The highest BCUT2D eigenvalue weighted by atomic mass is 79.9. The first kappa shape index (κ1) is 12.6. The summed E-state index contributed by atoms with van der Waals surface area (Å²) in [4.78, 5) is 13.8. The van der Waals surface area contributed by atoms with Gasteiger partial charge in [0.05, 0.1) is 0 Å². The first-order valence-corrected chi connectivity index (χ1v) is 6.67. The van der Waals surface area contributed by atoms with Gasteiger partial charge in [-0.1, -0.05) is 29.8 Å². The van der Waals surface area contributed by atoms with Crippen LogP contribution in [0.25, 0.3) is 0 Å². The van der Waals surface area contributed by atoms with Crippen LogP contribution in [-0.2, 0) is 4.79 Å². The molecule has 1 heterocycles. The van der Waals surface area contributed by atoms with Crippen molar-refractivity contribution in [1.82, 2.24) is 5.32 Å². The maximum absolute atomic E-state index is 11.9. The monoisotopic (exact) mass is 296 g/mol. The van der Waals surface area contributed by atoms with E-state index in [9.17, 15) is 4.79 Å². The van der Waals surface area contributed by atoms with Gasteiger partial charge in [-0.3, -0.25) is 4.79 Å². The highest BCUT2D eigenvalue weighted by Gasteiger charge is 2.30. The number of hydrogen-bond acceptors (Lipinski definition) is 2. The molecule has 1 fully saturated rings. The highest BCUT2D eigenvalue weighted by molar-refractivity contribution is 9.10. The predicted octanol–water partition coefficient (Wildman–Crippen LogP) is 2.55. The summed E-state index contributed by atoms with van der Waals surface area (Å²) in [7, 11) is 0. The van der Waals surface area contributed by atoms with Crippen LogP contribution in [0, 0.1) is 0 Å². The van der Waals surface area contributed by atoms with Crippen molar-refractivity contribution in [2.24, 2.45) is 0 Å². The predicted molar refractivity (Wildman–Crippen MR) is 73.2 cm³/mol. The smallest absolute Gasteiger partial charge is 0.228 e. The molecule has 1 aromatic carbocycles. The Bertz CT molecular complexity index is 402. The lowest BCUT2D eigenvalue weighted by atomic mass is 10.2. The number of anilines is 1. The number of nitrogens with zero attached hydrogens (tertiary/aromatic N) is 1. The number of nitrogens with one attached hydrogen (secondary N) is 1.